The van der Waals surface area contributed by atoms with Gasteiger partial charge in [-0.05, 0) is 69.7 Å². The molecule has 3 aliphatic rings. The fourth-order valence-corrected chi connectivity index (χ4v) is 8.57. The van der Waals surface area contributed by atoms with Gasteiger partial charge in [-0.15, -0.1) is 0 Å². The topological polar surface area (TPSA) is 138 Å². The summed E-state index contributed by atoms with van der Waals surface area (Å²) in [6.07, 6.45) is 15.5. The first-order chi connectivity index (χ1) is 26.2. The number of urea groups is 1. The Hall–Kier alpha value is -5.27. The van der Waals surface area contributed by atoms with E-state index in [1.807, 2.05) is 30.5 Å². The normalized spacial score (nSPS) is 19.8. The molecule has 5 aromatic rings. The molecule has 2 aromatic carbocycles. The fraction of sp³-hybridized carbons (Fsp3) is 0.400. The number of anilines is 3. The number of aromatic nitrogens is 4. The number of nitrogens with zero attached hydrogens (tertiary/aromatic N) is 7. The van der Waals surface area contributed by atoms with Gasteiger partial charge in [-0.2, -0.15) is 5.10 Å². The molecule has 1 saturated carbocycles. The zero-order valence-electron chi connectivity index (χ0n) is 30.5. The van der Waals surface area contributed by atoms with E-state index in [9.17, 15) is 14.4 Å². The largest absolute Gasteiger partial charge is 0.494 e. The van der Waals surface area contributed by atoms with Crippen LogP contribution in [0.25, 0.3) is 21.7 Å². The summed E-state index contributed by atoms with van der Waals surface area (Å²) in [7, 11) is 3.86. The molecule has 280 valence electrons. The molecule has 0 bridgehead atoms. The molecule has 2 aliphatic heterocycles. The van der Waals surface area contributed by atoms with Gasteiger partial charge in [-0.3, -0.25) is 34.5 Å². The van der Waals surface area contributed by atoms with Gasteiger partial charge in [-0.25, -0.2) is 4.79 Å². The lowest BCUT2D eigenvalue weighted by atomic mass is 9.85. The number of rotatable bonds is 9. The standard InChI is InChI=1S/C40H44ClN9O4/c1-47(29-10-13-48(14-11-29)35-5-3-4-31-32(35)21-43-22-36(31)49-15-12-38(51)45-40(49)53)23-25-6-8-30(9-7-25)50-24-27-17-34(37(54-2)18-33(27)46-50)44-39(52)26-16-28(41)20-42-19-26/h3-5,16-22,24-25,29-30H,6-15,23H2,1-2H3,(H,44,52)(H,45,51,53)/t25-,30-. The molecule has 4 amide bonds. The van der Waals surface area contributed by atoms with Crippen LogP contribution in [0.4, 0.5) is 21.9 Å². The van der Waals surface area contributed by atoms with E-state index in [2.05, 4.69) is 54.4 Å². The van der Waals surface area contributed by atoms with Crippen LogP contribution in [-0.4, -0.2) is 88.9 Å². The summed E-state index contributed by atoms with van der Waals surface area (Å²) < 4.78 is 7.71. The van der Waals surface area contributed by atoms with Crippen molar-refractivity contribution < 1.29 is 19.1 Å². The van der Waals surface area contributed by atoms with Crippen LogP contribution in [0.1, 0.15) is 61.3 Å². The number of pyridine rings is 2. The number of nitrogens with one attached hydrogen (secondary N) is 2. The highest BCUT2D eigenvalue weighted by atomic mass is 35.5. The van der Waals surface area contributed by atoms with Crippen LogP contribution < -0.4 is 25.2 Å². The average molecular weight is 750 g/mol. The van der Waals surface area contributed by atoms with Gasteiger partial charge < -0.3 is 19.9 Å². The van der Waals surface area contributed by atoms with Gasteiger partial charge >= 0.3 is 6.03 Å². The number of piperidine rings is 1. The number of fused-ring (bicyclic) bond motifs is 2. The molecule has 1 aliphatic carbocycles. The maximum absolute atomic E-state index is 12.9. The van der Waals surface area contributed by atoms with Crippen molar-refractivity contribution in [3.8, 4) is 5.75 Å². The van der Waals surface area contributed by atoms with E-state index < -0.39 is 6.03 Å². The molecule has 3 aromatic heterocycles. The number of benzene rings is 2. The molecule has 0 atom stereocenters. The molecule has 0 unspecified atom stereocenters. The van der Waals surface area contributed by atoms with E-state index in [0.717, 1.165) is 91.2 Å². The van der Waals surface area contributed by atoms with Gasteiger partial charge in [0.2, 0.25) is 5.91 Å². The van der Waals surface area contributed by atoms with E-state index in [-0.39, 0.29) is 18.2 Å². The minimum atomic E-state index is -0.397. The van der Waals surface area contributed by atoms with Crippen LogP contribution >= 0.6 is 11.6 Å². The maximum atomic E-state index is 12.9. The molecule has 2 saturated heterocycles. The highest BCUT2D eigenvalue weighted by Crippen LogP contribution is 2.37. The Morgan fingerprint density at radius 3 is 2.52 bits per heavy atom. The third-order valence-corrected chi connectivity index (χ3v) is 11.5. The van der Waals surface area contributed by atoms with Crippen molar-refractivity contribution >= 4 is 68.2 Å². The third kappa shape index (κ3) is 7.30. The number of hydrogen-bond donors (Lipinski definition) is 2. The number of methoxy groups -OCH3 is 1. The summed E-state index contributed by atoms with van der Waals surface area (Å²) in [6, 6.07) is 12.0. The Morgan fingerprint density at radius 1 is 0.963 bits per heavy atom. The van der Waals surface area contributed by atoms with Crippen LogP contribution in [0.15, 0.2) is 67.4 Å². The van der Waals surface area contributed by atoms with Gasteiger partial charge in [0.25, 0.3) is 5.91 Å². The number of carbonyl (C=O) groups is 3. The lowest BCUT2D eigenvalue weighted by molar-refractivity contribution is -0.120. The van der Waals surface area contributed by atoms with Crippen LogP contribution in [0.3, 0.4) is 0 Å². The number of hydrogen-bond acceptors (Lipinski definition) is 9. The predicted octanol–water partition coefficient (Wildman–Crippen LogP) is 6.67. The summed E-state index contributed by atoms with van der Waals surface area (Å²) in [6.45, 7) is 3.33. The first-order valence-corrected chi connectivity index (χ1v) is 19.0. The molecule has 14 heteroatoms. The molecule has 54 heavy (non-hydrogen) atoms. The van der Waals surface area contributed by atoms with Crippen molar-refractivity contribution in [2.75, 3.05) is 55.5 Å². The zero-order chi connectivity index (χ0) is 37.3. The second kappa shape index (κ2) is 15.2. The lowest BCUT2D eigenvalue weighted by Gasteiger charge is -2.40. The van der Waals surface area contributed by atoms with Gasteiger partial charge in [0.15, 0.2) is 0 Å². The van der Waals surface area contributed by atoms with Crippen molar-refractivity contribution in [3.05, 3.63) is 78.0 Å². The van der Waals surface area contributed by atoms with Crippen molar-refractivity contribution in [1.82, 2.24) is 30.0 Å². The van der Waals surface area contributed by atoms with Crippen LogP contribution in [0, 0.1) is 5.92 Å². The highest BCUT2D eigenvalue weighted by molar-refractivity contribution is 6.30. The fourth-order valence-electron chi connectivity index (χ4n) is 8.40. The second-order valence-electron chi connectivity index (χ2n) is 14.7. The first-order valence-electron chi connectivity index (χ1n) is 18.7. The first kappa shape index (κ1) is 35.7. The lowest BCUT2D eigenvalue weighted by Crippen LogP contribution is -2.49. The third-order valence-electron chi connectivity index (χ3n) is 11.3. The Morgan fingerprint density at radius 2 is 1.76 bits per heavy atom. The Balaban J connectivity index is 0.856. The predicted molar refractivity (Wildman–Crippen MR) is 210 cm³/mol. The highest BCUT2D eigenvalue weighted by Gasteiger charge is 2.30. The smallest absolute Gasteiger partial charge is 0.328 e. The Labute approximate surface area is 318 Å². The Bertz CT molecular complexity index is 2210. The van der Waals surface area contributed by atoms with Gasteiger partial charge in [0, 0.05) is 91.3 Å². The summed E-state index contributed by atoms with van der Waals surface area (Å²) in [5.41, 5.74) is 3.63. The molecule has 0 spiro atoms. The van der Waals surface area contributed by atoms with E-state index >= 15 is 0 Å². The molecular weight excluding hydrogens is 706 g/mol. The molecule has 5 heterocycles. The van der Waals surface area contributed by atoms with Crippen LogP contribution in [0.5, 0.6) is 5.75 Å². The molecule has 3 fully saturated rings. The molecule has 2 N–H and O–H groups in total. The van der Waals surface area contributed by atoms with E-state index in [1.54, 1.807) is 24.3 Å². The summed E-state index contributed by atoms with van der Waals surface area (Å²) in [4.78, 5) is 52.4. The van der Waals surface area contributed by atoms with Crippen LogP contribution in [0.2, 0.25) is 5.02 Å². The quantitative estimate of drug-likeness (QED) is 0.169. The monoisotopic (exact) mass is 749 g/mol. The van der Waals surface area contributed by atoms with E-state index in [1.165, 1.54) is 12.4 Å². The SMILES string of the molecule is COc1cc2nn([C@H]3CC[C@H](CN(C)C4CCN(c5cccc6c(N7CCC(=O)NC7=O)cncc56)CC4)CC3)cc2cc1NC(=O)c1cncc(Cl)c1. The number of imide groups is 1. The average Bonchev–Trinajstić information content (AvgIpc) is 3.60. The Kier molecular flexibility index (Phi) is 10.1. The minimum Gasteiger partial charge on any atom is -0.494 e. The molecule has 8 rings (SSSR count). The molecular formula is C40H44ClN9O4. The molecule has 0 radical (unpaired) electrons. The number of ether oxygens (including phenoxy) is 1. The second-order valence-corrected chi connectivity index (χ2v) is 15.1. The summed E-state index contributed by atoms with van der Waals surface area (Å²) in [5, 5.41) is 13.6. The summed E-state index contributed by atoms with van der Waals surface area (Å²) in [5.74, 6) is 0.623. The maximum Gasteiger partial charge on any atom is 0.328 e. The van der Waals surface area contributed by atoms with Crippen LogP contribution in [-0.2, 0) is 4.79 Å². The zero-order valence-corrected chi connectivity index (χ0v) is 31.3. The van der Waals surface area contributed by atoms with Gasteiger partial charge in [0.05, 0.1) is 46.8 Å². The number of halogens is 1. The van der Waals surface area contributed by atoms with Crippen molar-refractivity contribution in [3.63, 3.8) is 0 Å². The molecule has 13 nitrogen and oxygen atoms in total. The van der Waals surface area contributed by atoms with Gasteiger partial charge in [-0.1, -0.05) is 23.7 Å². The minimum absolute atomic E-state index is 0.246. The van der Waals surface area contributed by atoms with Crippen molar-refractivity contribution in [2.24, 2.45) is 5.92 Å². The summed E-state index contributed by atoms with van der Waals surface area (Å²) >= 11 is 6.04. The van der Waals surface area contributed by atoms with E-state index in [4.69, 9.17) is 21.4 Å². The van der Waals surface area contributed by atoms with Crippen molar-refractivity contribution in [2.45, 2.75) is 57.0 Å². The van der Waals surface area contributed by atoms with Crippen molar-refractivity contribution in [1.29, 1.82) is 0 Å². The van der Waals surface area contributed by atoms with E-state index in [0.29, 0.717) is 46.6 Å². The van der Waals surface area contributed by atoms with Gasteiger partial charge in [0.1, 0.15) is 5.75 Å². The number of amides is 4. The number of carbonyl (C=O) groups excluding carboxylic acids is 3.